The first-order valence-corrected chi connectivity index (χ1v) is 7.45. The number of piperidine rings is 1. The lowest BCUT2D eigenvalue weighted by molar-refractivity contribution is 0.0925. The molecule has 4 heteroatoms. The van der Waals surface area contributed by atoms with E-state index in [0.717, 1.165) is 34.1 Å². The lowest BCUT2D eigenvalue weighted by Crippen LogP contribution is -2.46. The molecule has 1 saturated heterocycles. The van der Waals surface area contributed by atoms with Crippen molar-refractivity contribution in [3.8, 4) is 0 Å². The number of carbonyl (C=O) groups excluding carboxylic acids is 1. The molecule has 1 aromatic carbocycles. The highest BCUT2D eigenvalue weighted by molar-refractivity contribution is 14.1. The van der Waals surface area contributed by atoms with Gasteiger partial charge >= 0.3 is 0 Å². The van der Waals surface area contributed by atoms with Crippen molar-refractivity contribution in [3.63, 3.8) is 0 Å². The van der Waals surface area contributed by atoms with Crippen molar-refractivity contribution in [3.05, 3.63) is 32.9 Å². The van der Waals surface area contributed by atoms with Gasteiger partial charge in [0.1, 0.15) is 0 Å². The predicted octanol–water partition coefficient (Wildman–Crippen LogP) is 2.47. The molecule has 2 rings (SSSR count). The Hall–Kier alpha value is -0.620. The molecule has 1 aliphatic heterocycles. The summed E-state index contributed by atoms with van der Waals surface area (Å²) in [6, 6.07) is 6.65. The molecule has 2 N–H and O–H groups in total. The average molecular weight is 358 g/mol. The van der Waals surface area contributed by atoms with E-state index in [0.29, 0.717) is 12.1 Å². The van der Waals surface area contributed by atoms with E-state index in [9.17, 15) is 4.79 Å². The molecular weight excluding hydrogens is 339 g/mol. The van der Waals surface area contributed by atoms with Crippen LogP contribution in [-0.4, -0.2) is 24.5 Å². The Bertz CT molecular complexity index is 447. The summed E-state index contributed by atoms with van der Waals surface area (Å²) in [6.45, 7) is 5.15. The predicted molar refractivity (Wildman–Crippen MR) is 81.8 cm³/mol. The minimum Gasteiger partial charge on any atom is -0.349 e. The van der Waals surface area contributed by atoms with Crippen molar-refractivity contribution in [2.75, 3.05) is 6.54 Å². The molecule has 2 atom stereocenters. The standard InChI is InChI=1S/C14H19IN2O/c1-9-8-11(6-7-16-9)17-14(18)12-4-3-5-13(15)10(12)2/h3-5,9,11,16H,6-8H2,1-2H3,(H,17,18). The first-order valence-electron chi connectivity index (χ1n) is 6.37. The van der Waals surface area contributed by atoms with Crippen molar-refractivity contribution in [2.24, 2.45) is 0 Å². The van der Waals surface area contributed by atoms with Crippen LogP contribution >= 0.6 is 22.6 Å². The topological polar surface area (TPSA) is 41.1 Å². The van der Waals surface area contributed by atoms with Gasteiger partial charge in [0.15, 0.2) is 0 Å². The Morgan fingerprint density at radius 3 is 3.00 bits per heavy atom. The number of halogens is 1. The molecule has 98 valence electrons. The monoisotopic (exact) mass is 358 g/mol. The largest absolute Gasteiger partial charge is 0.349 e. The number of rotatable bonds is 2. The van der Waals surface area contributed by atoms with Crippen LogP contribution in [0.5, 0.6) is 0 Å². The fraction of sp³-hybridized carbons (Fsp3) is 0.500. The molecule has 2 unspecified atom stereocenters. The molecule has 18 heavy (non-hydrogen) atoms. The number of benzene rings is 1. The van der Waals surface area contributed by atoms with Gasteiger partial charge in [0.05, 0.1) is 0 Å². The van der Waals surface area contributed by atoms with Crippen molar-refractivity contribution in [1.82, 2.24) is 10.6 Å². The summed E-state index contributed by atoms with van der Waals surface area (Å²) in [4.78, 5) is 12.3. The Morgan fingerprint density at radius 1 is 1.50 bits per heavy atom. The highest BCUT2D eigenvalue weighted by Crippen LogP contribution is 2.16. The first-order chi connectivity index (χ1) is 8.58. The molecule has 0 aliphatic carbocycles. The van der Waals surface area contributed by atoms with Crippen LogP contribution in [0.1, 0.15) is 35.7 Å². The summed E-state index contributed by atoms with van der Waals surface area (Å²) in [5, 5.41) is 6.54. The van der Waals surface area contributed by atoms with Gasteiger partial charge < -0.3 is 10.6 Å². The maximum Gasteiger partial charge on any atom is 0.251 e. The Kier molecular flexibility index (Phi) is 4.61. The van der Waals surface area contributed by atoms with Gasteiger partial charge in [-0.15, -0.1) is 0 Å². The van der Waals surface area contributed by atoms with Gasteiger partial charge in [-0.2, -0.15) is 0 Å². The SMILES string of the molecule is Cc1c(I)cccc1C(=O)NC1CCNC(C)C1. The molecular formula is C14H19IN2O. The molecule has 3 nitrogen and oxygen atoms in total. The van der Waals surface area contributed by atoms with Crippen LogP contribution < -0.4 is 10.6 Å². The van der Waals surface area contributed by atoms with E-state index in [1.807, 2.05) is 25.1 Å². The molecule has 0 saturated carbocycles. The molecule has 1 heterocycles. The molecule has 0 spiro atoms. The van der Waals surface area contributed by atoms with Gasteiger partial charge in [0, 0.05) is 21.2 Å². The van der Waals surface area contributed by atoms with Crippen LogP contribution in [0, 0.1) is 10.5 Å². The molecule has 1 aliphatic rings. The van der Waals surface area contributed by atoms with Gasteiger partial charge in [-0.25, -0.2) is 0 Å². The van der Waals surface area contributed by atoms with Crippen molar-refractivity contribution < 1.29 is 4.79 Å². The molecule has 1 aromatic rings. The quantitative estimate of drug-likeness (QED) is 0.798. The minimum atomic E-state index is 0.0603. The molecule has 1 fully saturated rings. The number of hydrogen-bond acceptors (Lipinski definition) is 2. The van der Waals surface area contributed by atoms with Gasteiger partial charge in [0.2, 0.25) is 0 Å². The van der Waals surface area contributed by atoms with E-state index in [4.69, 9.17) is 0 Å². The number of nitrogens with one attached hydrogen (secondary N) is 2. The van der Waals surface area contributed by atoms with Crippen molar-refractivity contribution in [1.29, 1.82) is 0 Å². The lowest BCUT2D eigenvalue weighted by atomic mass is 9.99. The zero-order chi connectivity index (χ0) is 13.1. The number of hydrogen-bond donors (Lipinski definition) is 2. The van der Waals surface area contributed by atoms with Crippen LogP contribution in [0.15, 0.2) is 18.2 Å². The second-order valence-corrected chi connectivity index (χ2v) is 6.12. The number of carbonyl (C=O) groups is 1. The second-order valence-electron chi connectivity index (χ2n) is 4.96. The lowest BCUT2D eigenvalue weighted by Gasteiger charge is -2.28. The first kappa shape index (κ1) is 13.8. The van der Waals surface area contributed by atoms with Crippen LogP contribution in [0.4, 0.5) is 0 Å². The Balaban J connectivity index is 2.05. The van der Waals surface area contributed by atoms with Gasteiger partial charge in [-0.05, 0) is 73.5 Å². The zero-order valence-electron chi connectivity index (χ0n) is 10.8. The summed E-state index contributed by atoms with van der Waals surface area (Å²) >= 11 is 2.27. The summed E-state index contributed by atoms with van der Waals surface area (Å²) in [5.41, 5.74) is 1.87. The van der Waals surface area contributed by atoms with E-state index in [-0.39, 0.29) is 5.91 Å². The van der Waals surface area contributed by atoms with Gasteiger partial charge in [-0.3, -0.25) is 4.79 Å². The highest BCUT2D eigenvalue weighted by Gasteiger charge is 2.21. The summed E-state index contributed by atoms with van der Waals surface area (Å²) < 4.78 is 1.14. The van der Waals surface area contributed by atoms with Crippen molar-refractivity contribution in [2.45, 2.75) is 38.8 Å². The maximum atomic E-state index is 12.3. The summed E-state index contributed by atoms with van der Waals surface area (Å²) in [5.74, 6) is 0.0603. The summed E-state index contributed by atoms with van der Waals surface area (Å²) in [6.07, 6.45) is 2.02. The van der Waals surface area contributed by atoms with E-state index in [1.54, 1.807) is 0 Å². The van der Waals surface area contributed by atoms with Gasteiger partial charge in [0.25, 0.3) is 5.91 Å². The Morgan fingerprint density at radius 2 is 2.28 bits per heavy atom. The van der Waals surface area contributed by atoms with Crippen LogP contribution in [-0.2, 0) is 0 Å². The van der Waals surface area contributed by atoms with Crippen LogP contribution in [0.2, 0.25) is 0 Å². The van der Waals surface area contributed by atoms with Crippen LogP contribution in [0.25, 0.3) is 0 Å². The zero-order valence-corrected chi connectivity index (χ0v) is 13.0. The second kappa shape index (κ2) is 6.02. The fourth-order valence-electron chi connectivity index (χ4n) is 2.38. The van der Waals surface area contributed by atoms with E-state index in [1.165, 1.54) is 0 Å². The van der Waals surface area contributed by atoms with Crippen molar-refractivity contribution >= 4 is 28.5 Å². The molecule has 0 bridgehead atoms. The Labute approximate surface area is 122 Å². The normalized spacial score (nSPS) is 23.7. The maximum absolute atomic E-state index is 12.3. The minimum absolute atomic E-state index is 0.0603. The van der Waals surface area contributed by atoms with Gasteiger partial charge in [-0.1, -0.05) is 6.07 Å². The van der Waals surface area contributed by atoms with E-state index in [2.05, 4.69) is 40.1 Å². The third kappa shape index (κ3) is 3.23. The molecule has 0 radical (unpaired) electrons. The smallest absolute Gasteiger partial charge is 0.251 e. The average Bonchev–Trinajstić information content (AvgIpc) is 2.32. The third-order valence-corrected chi connectivity index (χ3v) is 4.64. The summed E-state index contributed by atoms with van der Waals surface area (Å²) in [7, 11) is 0. The van der Waals surface area contributed by atoms with E-state index >= 15 is 0 Å². The fourth-order valence-corrected chi connectivity index (χ4v) is 2.88. The molecule has 1 amide bonds. The third-order valence-electron chi connectivity index (χ3n) is 3.47. The van der Waals surface area contributed by atoms with Crippen LogP contribution in [0.3, 0.4) is 0 Å². The highest BCUT2D eigenvalue weighted by atomic mass is 127. The molecule has 0 aromatic heterocycles. The van der Waals surface area contributed by atoms with E-state index < -0.39 is 0 Å². The number of amides is 1.